The van der Waals surface area contributed by atoms with E-state index in [1.54, 1.807) is 24.3 Å². The highest BCUT2D eigenvalue weighted by atomic mass is 16.5. The molecule has 0 unspecified atom stereocenters. The third-order valence-corrected chi connectivity index (χ3v) is 5.68. The number of aromatic hydroxyl groups is 4. The van der Waals surface area contributed by atoms with Crippen LogP contribution in [0.4, 0.5) is 0 Å². The molecular formula is C28H24O6. The molecule has 0 radical (unpaired) electrons. The summed E-state index contributed by atoms with van der Waals surface area (Å²) in [6, 6.07) is 20.2. The van der Waals surface area contributed by atoms with Crippen LogP contribution in [0.15, 0.2) is 72.8 Å². The van der Waals surface area contributed by atoms with Crippen molar-refractivity contribution in [1.82, 2.24) is 0 Å². The maximum Gasteiger partial charge on any atom is 0.131 e. The Kier molecular flexibility index (Phi) is 5.64. The van der Waals surface area contributed by atoms with Gasteiger partial charge in [-0.25, -0.2) is 0 Å². The van der Waals surface area contributed by atoms with Gasteiger partial charge in [-0.05, 0) is 96.5 Å². The molecule has 4 aromatic carbocycles. The number of ether oxygens (including phenoxy) is 2. The number of rotatable bonds is 0. The van der Waals surface area contributed by atoms with Crippen molar-refractivity contribution >= 4 is 0 Å². The second-order valence-corrected chi connectivity index (χ2v) is 8.54. The summed E-state index contributed by atoms with van der Waals surface area (Å²) in [5, 5.41) is 40.9. The van der Waals surface area contributed by atoms with Gasteiger partial charge in [0.2, 0.25) is 0 Å². The van der Waals surface area contributed by atoms with Gasteiger partial charge in [-0.1, -0.05) is 0 Å². The second kappa shape index (κ2) is 8.90. The van der Waals surface area contributed by atoms with E-state index >= 15 is 0 Å². The van der Waals surface area contributed by atoms with Crippen LogP contribution in [0.25, 0.3) is 0 Å². The maximum absolute atomic E-state index is 10.2. The van der Waals surface area contributed by atoms with Gasteiger partial charge in [-0.3, -0.25) is 0 Å². The molecule has 0 saturated heterocycles. The Hall–Kier alpha value is -4.32. The van der Waals surface area contributed by atoms with Gasteiger partial charge in [-0.15, -0.1) is 0 Å². The highest BCUT2D eigenvalue weighted by molar-refractivity contribution is 5.46. The summed E-state index contributed by atoms with van der Waals surface area (Å²) in [6.45, 7) is 0. The normalized spacial score (nSPS) is 13.2. The van der Waals surface area contributed by atoms with Crippen LogP contribution in [0, 0.1) is 0 Å². The van der Waals surface area contributed by atoms with E-state index in [1.807, 2.05) is 24.3 Å². The second-order valence-electron chi connectivity index (χ2n) is 8.54. The minimum atomic E-state index is 0.0838. The summed E-state index contributed by atoms with van der Waals surface area (Å²) in [5.74, 6) is 2.19. The van der Waals surface area contributed by atoms with E-state index in [4.69, 9.17) is 9.47 Å². The first-order valence-corrected chi connectivity index (χ1v) is 11.1. The number of hydrogen-bond acceptors (Lipinski definition) is 6. The van der Waals surface area contributed by atoms with Gasteiger partial charge < -0.3 is 29.9 Å². The molecule has 1 heterocycles. The van der Waals surface area contributed by atoms with Crippen LogP contribution in [0.2, 0.25) is 0 Å². The van der Waals surface area contributed by atoms with Gasteiger partial charge in [0.1, 0.15) is 46.0 Å². The van der Waals surface area contributed by atoms with Crippen molar-refractivity contribution < 1.29 is 29.9 Å². The third-order valence-electron chi connectivity index (χ3n) is 5.68. The summed E-state index contributed by atoms with van der Waals surface area (Å²) >= 11 is 0. The first kappa shape index (κ1) is 21.5. The molecule has 1 aliphatic heterocycles. The Balaban J connectivity index is 1.57. The Labute approximate surface area is 196 Å². The van der Waals surface area contributed by atoms with Crippen LogP contribution in [-0.2, 0) is 25.7 Å². The molecule has 8 bridgehead atoms. The van der Waals surface area contributed by atoms with E-state index in [2.05, 4.69) is 0 Å². The molecule has 0 atom stereocenters. The van der Waals surface area contributed by atoms with Gasteiger partial charge in [0.25, 0.3) is 0 Å². The minimum Gasteiger partial charge on any atom is -0.508 e. The minimum absolute atomic E-state index is 0.0838. The Bertz CT molecular complexity index is 1150. The van der Waals surface area contributed by atoms with Crippen LogP contribution in [0.1, 0.15) is 22.3 Å². The first-order chi connectivity index (χ1) is 16.4. The fourth-order valence-electron chi connectivity index (χ4n) is 4.24. The van der Waals surface area contributed by atoms with Crippen molar-refractivity contribution in [2.75, 3.05) is 0 Å². The summed E-state index contributed by atoms with van der Waals surface area (Å²) < 4.78 is 11.9. The van der Waals surface area contributed by atoms with Gasteiger partial charge in [-0.2, -0.15) is 0 Å². The number of phenols is 4. The van der Waals surface area contributed by atoms with Gasteiger partial charge in [0, 0.05) is 24.3 Å². The number of phenolic OH excluding ortho intramolecular Hbond substituents is 4. The molecule has 6 heteroatoms. The molecule has 1 aliphatic rings. The standard InChI is InChI=1S/C28H24O6/c29-21-5-17-1-2-18-6-22(30)14-26(10-18)34-28-12-20(8-24(32)16-28)4-3-19-7-23(31)15-27(11-19)33-25(9-17)13-21/h5-16,29-32H,1-4H2. The van der Waals surface area contributed by atoms with E-state index in [1.165, 1.54) is 24.3 Å². The maximum atomic E-state index is 10.2. The predicted octanol–water partition coefficient (Wildman–Crippen LogP) is 5.98. The lowest BCUT2D eigenvalue weighted by Crippen LogP contribution is -1.96. The van der Waals surface area contributed by atoms with Crippen LogP contribution >= 0.6 is 0 Å². The quantitative estimate of drug-likeness (QED) is 0.260. The molecule has 4 aromatic rings. The third kappa shape index (κ3) is 5.18. The zero-order valence-electron chi connectivity index (χ0n) is 18.4. The lowest BCUT2D eigenvalue weighted by Gasteiger charge is -2.13. The van der Waals surface area contributed by atoms with Crippen molar-refractivity contribution in [3.8, 4) is 46.0 Å². The molecule has 34 heavy (non-hydrogen) atoms. The summed E-state index contributed by atoms with van der Waals surface area (Å²) in [7, 11) is 0. The molecule has 5 rings (SSSR count). The van der Waals surface area contributed by atoms with Crippen LogP contribution in [0.5, 0.6) is 46.0 Å². The van der Waals surface area contributed by atoms with Gasteiger partial charge in [0.15, 0.2) is 0 Å². The first-order valence-electron chi connectivity index (χ1n) is 11.1. The Morgan fingerprint density at radius 2 is 0.588 bits per heavy atom. The van der Waals surface area contributed by atoms with Crippen molar-refractivity contribution in [3.63, 3.8) is 0 Å². The average molecular weight is 456 g/mol. The summed E-state index contributed by atoms with van der Waals surface area (Å²) in [4.78, 5) is 0. The van der Waals surface area contributed by atoms with E-state index in [-0.39, 0.29) is 23.0 Å². The molecule has 0 spiro atoms. The van der Waals surface area contributed by atoms with Crippen molar-refractivity contribution in [1.29, 1.82) is 0 Å². The lowest BCUT2D eigenvalue weighted by molar-refractivity contribution is 0.441. The Morgan fingerprint density at radius 1 is 0.353 bits per heavy atom. The number of aryl methyl sites for hydroxylation is 4. The van der Waals surface area contributed by atoms with Gasteiger partial charge in [0.05, 0.1) is 0 Å². The molecule has 4 N–H and O–H groups in total. The molecule has 0 fully saturated rings. The fraction of sp³-hybridized carbons (Fsp3) is 0.143. The SMILES string of the molecule is Oc1cc2cc(c1)Oc1cc(O)cc(c1)CCc1cc(O)cc(c1)Oc1cc(O)cc(c1)CC2. The fourth-order valence-corrected chi connectivity index (χ4v) is 4.24. The van der Waals surface area contributed by atoms with Crippen LogP contribution in [0.3, 0.4) is 0 Å². The van der Waals surface area contributed by atoms with Crippen molar-refractivity contribution in [2.45, 2.75) is 25.7 Å². The van der Waals surface area contributed by atoms with E-state index < -0.39 is 0 Å². The number of fused-ring (bicyclic) bond motifs is 8. The Morgan fingerprint density at radius 3 is 0.824 bits per heavy atom. The zero-order valence-corrected chi connectivity index (χ0v) is 18.4. The monoisotopic (exact) mass is 456 g/mol. The van der Waals surface area contributed by atoms with Crippen LogP contribution in [-0.4, -0.2) is 20.4 Å². The highest BCUT2D eigenvalue weighted by Crippen LogP contribution is 2.33. The molecule has 172 valence electrons. The van der Waals surface area contributed by atoms with Gasteiger partial charge >= 0.3 is 0 Å². The number of hydrogen-bond donors (Lipinski definition) is 4. The molecule has 0 amide bonds. The molecule has 6 nitrogen and oxygen atoms in total. The molecule has 0 saturated carbocycles. The van der Waals surface area contributed by atoms with E-state index in [0.717, 1.165) is 22.3 Å². The van der Waals surface area contributed by atoms with Crippen molar-refractivity contribution in [3.05, 3.63) is 95.1 Å². The van der Waals surface area contributed by atoms with E-state index in [0.29, 0.717) is 48.7 Å². The topological polar surface area (TPSA) is 99.4 Å². The summed E-state index contributed by atoms with van der Waals surface area (Å²) in [6.07, 6.45) is 2.37. The van der Waals surface area contributed by atoms with E-state index in [9.17, 15) is 20.4 Å². The molecule has 0 aromatic heterocycles. The summed E-state index contributed by atoms with van der Waals surface area (Å²) in [5.41, 5.74) is 3.44. The average Bonchev–Trinajstić information content (AvgIpc) is 2.74. The largest absolute Gasteiger partial charge is 0.508 e. The zero-order chi connectivity index (χ0) is 23.7. The van der Waals surface area contributed by atoms with Crippen molar-refractivity contribution in [2.24, 2.45) is 0 Å². The number of benzene rings is 4. The predicted molar refractivity (Wildman–Crippen MR) is 127 cm³/mol. The smallest absolute Gasteiger partial charge is 0.131 e. The lowest BCUT2D eigenvalue weighted by atomic mass is 10.0. The van der Waals surface area contributed by atoms with Crippen LogP contribution < -0.4 is 9.47 Å². The molecular weight excluding hydrogens is 432 g/mol. The highest BCUT2D eigenvalue weighted by Gasteiger charge is 2.10. The molecule has 0 aliphatic carbocycles.